The van der Waals surface area contributed by atoms with Gasteiger partial charge in [-0.15, -0.1) is 0 Å². The summed E-state index contributed by atoms with van der Waals surface area (Å²) in [6.07, 6.45) is -0.284. The highest BCUT2D eigenvalue weighted by Gasteiger charge is 2.07. The van der Waals surface area contributed by atoms with Crippen molar-refractivity contribution in [1.82, 2.24) is 0 Å². The number of carbonyl (C=O) groups excluding carboxylic acids is 1. The Morgan fingerprint density at radius 2 is 2.27 bits per heavy atom. The number of aldehydes is 1. The Kier molecular flexibility index (Phi) is 4.12. The molecule has 0 aliphatic heterocycles. The van der Waals surface area contributed by atoms with Crippen LogP contribution < -0.4 is 9.47 Å². The van der Waals surface area contributed by atoms with Gasteiger partial charge in [-0.1, -0.05) is 0 Å². The lowest BCUT2D eigenvalue weighted by molar-refractivity contribution is -0.000765. The fourth-order valence-corrected chi connectivity index (χ4v) is 1.15. The van der Waals surface area contributed by atoms with Crippen molar-refractivity contribution in [3.05, 3.63) is 23.8 Å². The van der Waals surface area contributed by atoms with Gasteiger partial charge in [0.25, 0.3) is 0 Å². The van der Waals surface area contributed by atoms with E-state index in [2.05, 4.69) is 0 Å². The first kappa shape index (κ1) is 11.5. The van der Waals surface area contributed by atoms with Gasteiger partial charge in [-0.25, -0.2) is 0 Å². The van der Waals surface area contributed by atoms with E-state index < -0.39 is 6.29 Å². The normalized spacial score (nSPS) is 11.9. The minimum absolute atomic E-state index is 0.325. The average Bonchev–Trinajstić information content (AvgIpc) is 2.18. The highest BCUT2D eigenvalue weighted by molar-refractivity contribution is 5.79. The Morgan fingerprint density at radius 3 is 2.80 bits per heavy atom. The third-order valence-corrected chi connectivity index (χ3v) is 1.72. The van der Waals surface area contributed by atoms with Crippen LogP contribution in [0.5, 0.6) is 11.5 Å². The lowest BCUT2D eigenvalue weighted by atomic mass is 10.2. The van der Waals surface area contributed by atoms with Crippen molar-refractivity contribution in [2.45, 2.75) is 20.1 Å². The molecule has 0 amide bonds. The van der Waals surface area contributed by atoms with E-state index in [1.165, 1.54) is 6.92 Å². The standard InChI is InChI=1S/C11H14O4/c1-3-14-10-5-4-9(7-12)11(6-10)15-8(2)13/h4-8,13H,3H2,1-2H3. The van der Waals surface area contributed by atoms with E-state index in [0.717, 1.165) is 0 Å². The van der Waals surface area contributed by atoms with Gasteiger partial charge in [-0.05, 0) is 26.0 Å². The molecule has 1 atom stereocenters. The molecule has 0 saturated heterocycles. The number of carbonyl (C=O) groups is 1. The van der Waals surface area contributed by atoms with Crippen molar-refractivity contribution in [3.63, 3.8) is 0 Å². The third kappa shape index (κ3) is 3.25. The van der Waals surface area contributed by atoms with Gasteiger partial charge in [0.05, 0.1) is 12.2 Å². The van der Waals surface area contributed by atoms with Crippen molar-refractivity contribution in [3.8, 4) is 11.5 Å². The molecule has 1 aromatic rings. The zero-order chi connectivity index (χ0) is 11.3. The Balaban J connectivity index is 2.96. The maximum atomic E-state index is 10.7. The smallest absolute Gasteiger partial charge is 0.194 e. The van der Waals surface area contributed by atoms with E-state index in [-0.39, 0.29) is 0 Å². The second-order valence-corrected chi connectivity index (χ2v) is 2.97. The molecule has 4 nitrogen and oxygen atoms in total. The summed E-state index contributed by atoms with van der Waals surface area (Å²) < 4.78 is 10.3. The summed E-state index contributed by atoms with van der Waals surface area (Å²) in [5.74, 6) is 0.935. The van der Waals surface area contributed by atoms with Crippen LogP contribution in [0.4, 0.5) is 0 Å². The number of aliphatic hydroxyl groups is 1. The molecule has 0 radical (unpaired) electrons. The van der Waals surface area contributed by atoms with E-state index in [0.29, 0.717) is 30.0 Å². The van der Waals surface area contributed by atoms with Gasteiger partial charge in [0.15, 0.2) is 12.6 Å². The number of rotatable bonds is 5. The molecule has 0 fully saturated rings. The summed E-state index contributed by atoms with van der Waals surface area (Å²) in [6, 6.07) is 4.86. The molecule has 0 bridgehead atoms. The first-order chi connectivity index (χ1) is 7.17. The molecule has 15 heavy (non-hydrogen) atoms. The second-order valence-electron chi connectivity index (χ2n) is 2.97. The van der Waals surface area contributed by atoms with Gasteiger partial charge in [0.2, 0.25) is 0 Å². The van der Waals surface area contributed by atoms with Crippen molar-refractivity contribution < 1.29 is 19.4 Å². The van der Waals surface area contributed by atoms with Crippen LogP contribution in [-0.2, 0) is 0 Å². The number of hydrogen-bond acceptors (Lipinski definition) is 4. The summed E-state index contributed by atoms with van der Waals surface area (Å²) in [5.41, 5.74) is 0.388. The number of benzene rings is 1. The number of aliphatic hydroxyl groups excluding tert-OH is 1. The Labute approximate surface area is 88.4 Å². The van der Waals surface area contributed by atoms with Crippen LogP contribution >= 0.6 is 0 Å². The van der Waals surface area contributed by atoms with Gasteiger partial charge >= 0.3 is 0 Å². The third-order valence-electron chi connectivity index (χ3n) is 1.72. The molecular weight excluding hydrogens is 196 g/mol. The van der Waals surface area contributed by atoms with Crippen LogP contribution in [0, 0.1) is 0 Å². The van der Waals surface area contributed by atoms with Gasteiger partial charge in [0.1, 0.15) is 11.5 Å². The van der Waals surface area contributed by atoms with Crippen molar-refractivity contribution in [2.24, 2.45) is 0 Å². The summed E-state index contributed by atoms with van der Waals surface area (Å²) in [5, 5.41) is 9.07. The zero-order valence-corrected chi connectivity index (χ0v) is 8.77. The number of hydrogen-bond donors (Lipinski definition) is 1. The molecule has 1 aromatic carbocycles. The average molecular weight is 210 g/mol. The molecule has 82 valence electrons. The monoisotopic (exact) mass is 210 g/mol. The van der Waals surface area contributed by atoms with Gasteiger partial charge < -0.3 is 14.6 Å². The zero-order valence-electron chi connectivity index (χ0n) is 8.77. The topological polar surface area (TPSA) is 55.8 Å². The molecule has 0 aliphatic carbocycles. The van der Waals surface area contributed by atoms with Crippen molar-refractivity contribution in [1.29, 1.82) is 0 Å². The van der Waals surface area contributed by atoms with Crippen LogP contribution in [0.2, 0.25) is 0 Å². The summed E-state index contributed by atoms with van der Waals surface area (Å²) in [7, 11) is 0. The minimum Gasteiger partial charge on any atom is -0.494 e. The SMILES string of the molecule is CCOc1ccc(C=O)c(OC(C)O)c1. The molecule has 0 aromatic heterocycles. The summed E-state index contributed by atoms with van der Waals surface area (Å²) in [6.45, 7) is 3.87. The van der Waals surface area contributed by atoms with Gasteiger partial charge in [0, 0.05) is 6.07 Å². The highest BCUT2D eigenvalue weighted by atomic mass is 16.6. The molecule has 0 aliphatic rings. The van der Waals surface area contributed by atoms with E-state index >= 15 is 0 Å². The molecule has 1 N–H and O–H groups in total. The maximum absolute atomic E-state index is 10.7. The van der Waals surface area contributed by atoms with Crippen molar-refractivity contribution >= 4 is 6.29 Å². The van der Waals surface area contributed by atoms with Crippen LogP contribution in [0.15, 0.2) is 18.2 Å². The van der Waals surface area contributed by atoms with E-state index in [4.69, 9.17) is 14.6 Å². The minimum atomic E-state index is -0.958. The fourth-order valence-electron chi connectivity index (χ4n) is 1.15. The first-order valence-electron chi connectivity index (χ1n) is 4.74. The molecular formula is C11H14O4. The fraction of sp³-hybridized carbons (Fsp3) is 0.364. The maximum Gasteiger partial charge on any atom is 0.194 e. The molecule has 0 spiro atoms. The molecule has 0 saturated carbocycles. The van der Waals surface area contributed by atoms with E-state index in [9.17, 15) is 4.79 Å². The van der Waals surface area contributed by atoms with Crippen LogP contribution in [0.3, 0.4) is 0 Å². The van der Waals surface area contributed by atoms with Crippen LogP contribution in [0.25, 0.3) is 0 Å². The second kappa shape index (κ2) is 5.36. The number of ether oxygens (including phenoxy) is 2. The Hall–Kier alpha value is -1.55. The highest BCUT2D eigenvalue weighted by Crippen LogP contribution is 2.24. The summed E-state index contributed by atoms with van der Waals surface area (Å²) >= 11 is 0. The molecule has 4 heteroatoms. The molecule has 1 unspecified atom stereocenters. The van der Waals surface area contributed by atoms with Crippen molar-refractivity contribution in [2.75, 3.05) is 6.61 Å². The van der Waals surface area contributed by atoms with E-state index in [1.54, 1.807) is 18.2 Å². The predicted molar refractivity (Wildman–Crippen MR) is 55.3 cm³/mol. The molecule has 0 heterocycles. The Bertz CT molecular complexity index is 333. The summed E-state index contributed by atoms with van der Waals surface area (Å²) in [4.78, 5) is 10.7. The lowest BCUT2D eigenvalue weighted by Crippen LogP contribution is -2.11. The lowest BCUT2D eigenvalue weighted by Gasteiger charge is -2.12. The van der Waals surface area contributed by atoms with Gasteiger partial charge in [-0.2, -0.15) is 0 Å². The van der Waals surface area contributed by atoms with Crippen LogP contribution in [-0.4, -0.2) is 24.3 Å². The van der Waals surface area contributed by atoms with E-state index in [1.807, 2.05) is 6.92 Å². The quantitative estimate of drug-likeness (QED) is 0.592. The predicted octanol–water partition coefficient (Wildman–Crippen LogP) is 1.61. The Morgan fingerprint density at radius 1 is 1.53 bits per heavy atom. The molecule has 1 rings (SSSR count). The van der Waals surface area contributed by atoms with Gasteiger partial charge in [-0.3, -0.25) is 4.79 Å². The largest absolute Gasteiger partial charge is 0.494 e. The first-order valence-corrected chi connectivity index (χ1v) is 4.74. The van der Waals surface area contributed by atoms with Crippen LogP contribution in [0.1, 0.15) is 24.2 Å².